The fourth-order valence-corrected chi connectivity index (χ4v) is 6.10. The van der Waals surface area contributed by atoms with Gasteiger partial charge in [-0.25, -0.2) is 0 Å². The Kier molecular flexibility index (Phi) is 5.00. The maximum atomic E-state index is 13.0. The fraction of sp³-hybridized carbons (Fsp3) is 0.522. The molecule has 0 spiro atoms. The maximum absolute atomic E-state index is 13.0. The van der Waals surface area contributed by atoms with E-state index in [-0.39, 0.29) is 19.0 Å². The van der Waals surface area contributed by atoms with E-state index in [0.717, 1.165) is 28.5 Å². The lowest BCUT2D eigenvalue weighted by Gasteiger charge is -2.12. The molecule has 1 fully saturated rings. The molecule has 1 aromatic heterocycles. The van der Waals surface area contributed by atoms with Crippen LogP contribution in [0.4, 0.5) is 0 Å². The highest BCUT2D eigenvalue weighted by Crippen LogP contribution is 2.71. The lowest BCUT2D eigenvalue weighted by atomic mass is 9.94. The fourth-order valence-electron chi connectivity index (χ4n) is 4.90. The number of rotatable bonds is 8. The van der Waals surface area contributed by atoms with Crippen LogP contribution in [0.25, 0.3) is 0 Å². The van der Waals surface area contributed by atoms with Gasteiger partial charge in [0.1, 0.15) is 18.1 Å². The van der Waals surface area contributed by atoms with Crippen LogP contribution in [0.5, 0.6) is 11.5 Å². The van der Waals surface area contributed by atoms with Crippen molar-refractivity contribution >= 4 is 17.1 Å². The zero-order valence-corrected chi connectivity index (χ0v) is 17.8. The number of methoxy groups -OCH3 is 1. The smallest absolute Gasteiger partial charge is 0.173 e. The van der Waals surface area contributed by atoms with Crippen LogP contribution in [-0.4, -0.2) is 31.2 Å². The first-order chi connectivity index (χ1) is 13.4. The second-order valence-corrected chi connectivity index (χ2v) is 9.68. The number of aliphatic hydroxyl groups is 1. The van der Waals surface area contributed by atoms with Gasteiger partial charge in [-0.1, -0.05) is 19.9 Å². The molecule has 150 valence electrons. The minimum atomic E-state index is -0.0258. The first-order valence-corrected chi connectivity index (χ1v) is 10.8. The molecule has 28 heavy (non-hydrogen) atoms. The maximum Gasteiger partial charge on any atom is 0.173 e. The predicted octanol–water partition coefficient (Wildman–Crippen LogP) is 4.55. The number of ether oxygens (including phenoxy) is 2. The molecule has 0 aliphatic heterocycles. The molecule has 0 unspecified atom stereocenters. The monoisotopic (exact) mass is 400 g/mol. The third-order valence-electron chi connectivity index (χ3n) is 6.51. The van der Waals surface area contributed by atoms with Crippen molar-refractivity contribution in [1.29, 1.82) is 0 Å². The summed E-state index contributed by atoms with van der Waals surface area (Å²) in [4.78, 5) is 15.3. The van der Waals surface area contributed by atoms with E-state index in [4.69, 9.17) is 14.6 Å². The van der Waals surface area contributed by atoms with Crippen LogP contribution in [-0.2, 0) is 12.8 Å². The van der Waals surface area contributed by atoms with Crippen LogP contribution in [0.1, 0.15) is 57.4 Å². The van der Waals surface area contributed by atoms with E-state index < -0.39 is 0 Å². The van der Waals surface area contributed by atoms with E-state index >= 15 is 0 Å². The van der Waals surface area contributed by atoms with Gasteiger partial charge in [-0.05, 0) is 59.8 Å². The Balaban J connectivity index is 1.46. The van der Waals surface area contributed by atoms with Crippen molar-refractivity contribution < 1.29 is 19.4 Å². The van der Waals surface area contributed by atoms with Gasteiger partial charge in [-0.3, -0.25) is 4.79 Å². The molecule has 1 heterocycles. The highest BCUT2D eigenvalue weighted by Gasteiger charge is 2.63. The molecule has 4 rings (SSSR count). The van der Waals surface area contributed by atoms with E-state index in [0.29, 0.717) is 29.9 Å². The van der Waals surface area contributed by atoms with Crippen molar-refractivity contribution in [2.75, 3.05) is 20.3 Å². The number of ketones is 1. The summed E-state index contributed by atoms with van der Waals surface area (Å²) in [5.74, 6) is 3.01. The molecule has 2 atom stereocenters. The van der Waals surface area contributed by atoms with Crippen LogP contribution < -0.4 is 9.47 Å². The molecule has 2 aliphatic rings. The highest BCUT2D eigenvalue weighted by atomic mass is 32.1. The highest BCUT2D eigenvalue weighted by molar-refractivity contribution is 7.14. The van der Waals surface area contributed by atoms with Gasteiger partial charge in [-0.15, -0.1) is 11.3 Å². The number of fused-ring (bicyclic) bond motifs is 3. The molecule has 0 bridgehead atoms. The van der Waals surface area contributed by atoms with E-state index in [1.54, 1.807) is 18.4 Å². The molecule has 1 aromatic carbocycles. The van der Waals surface area contributed by atoms with Gasteiger partial charge < -0.3 is 14.6 Å². The molecule has 2 aromatic rings. The number of carbonyl (C=O) groups excluding carboxylic acids is 1. The van der Waals surface area contributed by atoms with Gasteiger partial charge in [0.05, 0.1) is 18.6 Å². The third-order valence-corrected chi connectivity index (χ3v) is 7.72. The normalized spacial score (nSPS) is 21.2. The van der Waals surface area contributed by atoms with E-state index in [2.05, 4.69) is 20.8 Å². The van der Waals surface area contributed by atoms with Crippen LogP contribution in [0.3, 0.4) is 0 Å². The summed E-state index contributed by atoms with van der Waals surface area (Å²) >= 11 is 1.69. The van der Waals surface area contributed by atoms with Crippen LogP contribution in [0.15, 0.2) is 18.2 Å². The van der Waals surface area contributed by atoms with Gasteiger partial charge in [0.15, 0.2) is 5.78 Å². The predicted molar refractivity (Wildman–Crippen MR) is 111 cm³/mol. The first kappa shape index (κ1) is 19.5. The van der Waals surface area contributed by atoms with E-state index in [1.165, 1.54) is 16.0 Å². The number of aryl methyl sites for hydroxylation is 2. The summed E-state index contributed by atoms with van der Waals surface area (Å²) in [6.07, 6.45) is 2.20. The van der Waals surface area contributed by atoms with Crippen molar-refractivity contribution in [3.05, 3.63) is 44.6 Å². The summed E-state index contributed by atoms with van der Waals surface area (Å²) in [7, 11) is 1.63. The van der Waals surface area contributed by atoms with Crippen molar-refractivity contribution in [2.45, 2.75) is 46.0 Å². The molecule has 1 N–H and O–H groups in total. The van der Waals surface area contributed by atoms with Gasteiger partial charge in [0.25, 0.3) is 0 Å². The Morgan fingerprint density at radius 2 is 2.14 bits per heavy atom. The summed E-state index contributed by atoms with van der Waals surface area (Å²) in [6.45, 7) is 7.10. The molecule has 0 saturated heterocycles. The number of aliphatic hydroxyl groups excluding tert-OH is 1. The average Bonchev–Trinajstić information content (AvgIpc) is 3.01. The standard InChI is InChI=1S/C23H28O4S/c1-13-20-16(12-17-21(20)23(17,2)3)22(28-13)18(25)8-6-14-5-7-15(27-10-9-24)11-19(14)26-4/h5,7,11,17,21,24H,6,8-10,12H2,1-4H3/t17-,21-/m1/s1. The van der Waals surface area contributed by atoms with E-state index in [9.17, 15) is 4.79 Å². The molecular formula is C23H28O4S. The van der Waals surface area contributed by atoms with E-state index in [1.807, 2.05) is 18.2 Å². The average molecular weight is 401 g/mol. The number of hydrogen-bond acceptors (Lipinski definition) is 5. The Morgan fingerprint density at radius 3 is 2.86 bits per heavy atom. The number of thiophene rings is 1. The molecular weight excluding hydrogens is 372 g/mol. The van der Waals surface area contributed by atoms with Crippen molar-refractivity contribution in [2.24, 2.45) is 11.3 Å². The minimum Gasteiger partial charge on any atom is -0.496 e. The molecule has 4 nitrogen and oxygen atoms in total. The Morgan fingerprint density at radius 1 is 1.36 bits per heavy atom. The summed E-state index contributed by atoms with van der Waals surface area (Å²) < 4.78 is 10.9. The zero-order valence-electron chi connectivity index (χ0n) is 17.0. The molecule has 0 amide bonds. The second kappa shape index (κ2) is 7.20. The van der Waals surface area contributed by atoms with Crippen LogP contribution in [0.2, 0.25) is 0 Å². The van der Waals surface area contributed by atoms with Crippen LogP contribution >= 0.6 is 11.3 Å². The largest absolute Gasteiger partial charge is 0.496 e. The molecule has 1 saturated carbocycles. The Hall–Kier alpha value is -1.85. The lowest BCUT2D eigenvalue weighted by Crippen LogP contribution is -2.06. The quantitative estimate of drug-likeness (QED) is 0.661. The van der Waals surface area contributed by atoms with Gasteiger partial charge in [0, 0.05) is 17.4 Å². The topological polar surface area (TPSA) is 55.8 Å². The zero-order chi connectivity index (χ0) is 20.1. The summed E-state index contributed by atoms with van der Waals surface area (Å²) in [6, 6.07) is 5.62. The van der Waals surface area contributed by atoms with Gasteiger partial charge >= 0.3 is 0 Å². The van der Waals surface area contributed by atoms with Crippen LogP contribution in [0, 0.1) is 18.3 Å². The van der Waals surface area contributed by atoms with Crippen molar-refractivity contribution in [3.8, 4) is 11.5 Å². The van der Waals surface area contributed by atoms with Gasteiger partial charge in [0.2, 0.25) is 0 Å². The number of benzene rings is 1. The molecule has 5 heteroatoms. The SMILES string of the molecule is COc1cc(OCCO)ccc1CCC(=O)c1sc(C)c2c1C[C@@H]1[C@H]2C1(C)C. The first-order valence-electron chi connectivity index (χ1n) is 9.94. The van der Waals surface area contributed by atoms with Crippen molar-refractivity contribution in [3.63, 3.8) is 0 Å². The molecule has 2 aliphatic carbocycles. The Labute approximate surface area is 170 Å². The Bertz CT molecular complexity index is 912. The number of Topliss-reactive ketones (excluding diaryl/α,β-unsaturated/α-hetero) is 1. The minimum absolute atomic E-state index is 0.0258. The number of hydrogen-bond donors (Lipinski definition) is 1. The third kappa shape index (κ3) is 3.15. The summed E-state index contributed by atoms with van der Waals surface area (Å²) in [5, 5.41) is 8.89. The number of carbonyl (C=O) groups is 1. The summed E-state index contributed by atoms with van der Waals surface area (Å²) in [5.41, 5.74) is 4.22. The molecule has 0 radical (unpaired) electrons. The van der Waals surface area contributed by atoms with Crippen molar-refractivity contribution in [1.82, 2.24) is 0 Å². The lowest BCUT2D eigenvalue weighted by molar-refractivity contribution is 0.0985. The second-order valence-electron chi connectivity index (χ2n) is 8.46. The van der Waals surface area contributed by atoms with Gasteiger partial charge in [-0.2, -0.15) is 0 Å².